The maximum atomic E-state index is 6.32. The Morgan fingerprint density at radius 3 is 2.31 bits per heavy atom. The Labute approximate surface area is 107 Å². The van der Waals surface area contributed by atoms with Crippen LogP contribution in [0.15, 0.2) is 24.3 Å². The summed E-state index contributed by atoms with van der Waals surface area (Å²) in [6.07, 6.45) is 0. The van der Waals surface area contributed by atoms with E-state index in [4.69, 9.17) is 35.4 Å². The number of nitrogens with zero attached hydrogens (tertiary/aromatic N) is 1. The van der Waals surface area contributed by atoms with Crippen LogP contribution in [0.4, 0.5) is 5.69 Å². The first-order valence-electron chi connectivity index (χ1n) is 4.93. The third kappa shape index (κ3) is 2.20. The van der Waals surface area contributed by atoms with E-state index in [1.54, 1.807) is 12.1 Å². The van der Waals surface area contributed by atoms with Crippen LogP contribution in [0.25, 0.3) is 0 Å². The monoisotopic (exact) mass is 258 g/mol. The number of halogens is 1. The number of hydrogen-bond acceptors (Lipinski definition) is 2. The van der Waals surface area contributed by atoms with Gasteiger partial charge in [0.05, 0.1) is 0 Å². The molecule has 0 aliphatic carbocycles. The van der Waals surface area contributed by atoms with Gasteiger partial charge >= 0.3 is 0 Å². The minimum absolute atomic E-state index is 0.108. The minimum atomic E-state index is -0.337. The van der Waals surface area contributed by atoms with Gasteiger partial charge in [-0.25, -0.2) is 0 Å². The average Bonchev–Trinajstić information content (AvgIpc) is 2.14. The number of hydrogen-bond donors (Lipinski definition) is 2. The molecule has 88 valence electrons. The molecule has 1 rings (SSSR count). The molecule has 0 saturated heterocycles. The van der Waals surface area contributed by atoms with Crippen molar-refractivity contribution in [2.24, 2.45) is 11.6 Å². The maximum absolute atomic E-state index is 6.32. The summed E-state index contributed by atoms with van der Waals surface area (Å²) in [4.78, 5) is 0. The Hall–Kier alpha value is -0.680. The molecule has 5 heteroatoms. The summed E-state index contributed by atoms with van der Waals surface area (Å²) in [5, 5.41) is 0.834. The standard InChI is InChI=1S/C11H16ClN3S/c1-11(2,3)15(14,10(13)16)9-6-4-5-8(12)7-9/h4-7H,14H2,1-3H3,(H-,13,16)/p+1. The molecule has 3 nitrogen and oxygen atoms in total. The Kier molecular flexibility index (Phi) is 3.59. The van der Waals surface area contributed by atoms with Gasteiger partial charge in [-0.2, -0.15) is 10.4 Å². The Morgan fingerprint density at radius 2 is 1.94 bits per heavy atom. The van der Waals surface area contributed by atoms with Gasteiger partial charge in [-0.05, 0) is 26.8 Å². The zero-order valence-electron chi connectivity index (χ0n) is 9.70. The quantitative estimate of drug-likeness (QED) is 0.352. The zero-order valence-corrected chi connectivity index (χ0v) is 11.3. The molecule has 0 spiro atoms. The van der Waals surface area contributed by atoms with Gasteiger partial charge < -0.3 is 5.73 Å². The first-order chi connectivity index (χ1) is 7.19. The Morgan fingerprint density at radius 1 is 1.38 bits per heavy atom. The number of rotatable bonds is 1. The summed E-state index contributed by atoms with van der Waals surface area (Å²) in [5.74, 6) is 6.32. The molecule has 0 aliphatic heterocycles. The number of nitrogens with two attached hydrogens (primary N) is 2. The molecule has 0 amide bonds. The van der Waals surface area contributed by atoms with E-state index in [0.29, 0.717) is 5.02 Å². The zero-order chi connectivity index (χ0) is 12.6. The molecule has 0 bridgehead atoms. The molecule has 16 heavy (non-hydrogen) atoms. The van der Waals surface area contributed by atoms with Crippen molar-refractivity contribution in [1.82, 2.24) is 4.59 Å². The first kappa shape index (κ1) is 13.4. The van der Waals surface area contributed by atoms with Crippen molar-refractivity contribution >= 4 is 34.6 Å². The molecule has 0 saturated carbocycles. The fourth-order valence-electron chi connectivity index (χ4n) is 1.54. The lowest BCUT2D eigenvalue weighted by Gasteiger charge is -2.41. The van der Waals surface area contributed by atoms with Crippen LogP contribution in [-0.2, 0) is 0 Å². The highest BCUT2D eigenvalue weighted by atomic mass is 35.5. The van der Waals surface area contributed by atoms with Crippen LogP contribution in [0.2, 0.25) is 5.02 Å². The highest BCUT2D eigenvalue weighted by molar-refractivity contribution is 7.80. The second kappa shape index (κ2) is 4.30. The van der Waals surface area contributed by atoms with Crippen LogP contribution in [0, 0.1) is 0 Å². The predicted octanol–water partition coefficient (Wildman–Crippen LogP) is 2.56. The summed E-state index contributed by atoms with van der Waals surface area (Å²) in [6.45, 7) is 5.94. The molecule has 0 heterocycles. The third-order valence-electron chi connectivity index (χ3n) is 2.62. The highest BCUT2D eigenvalue weighted by Crippen LogP contribution is 2.30. The average molecular weight is 259 g/mol. The number of benzene rings is 1. The van der Waals surface area contributed by atoms with E-state index in [1.165, 1.54) is 0 Å². The summed E-state index contributed by atoms with van der Waals surface area (Å²) in [7, 11) is 0. The van der Waals surface area contributed by atoms with E-state index in [9.17, 15) is 0 Å². The van der Waals surface area contributed by atoms with E-state index in [1.807, 2.05) is 32.9 Å². The summed E-state index contributed by atoms with van der Waals surface area (Å²) >= 11 is 11.0. The third-order valence-corrected chi connectivity index (χ3v) is 3.14. The molecule has 1 aromatic carbocycles. The molecule has 0 aromatic heterocycles. The smallest absolute Gasteiger partial charge is 0.292 e. The van der Waals surface area contributed by atoms with E-state index in [-0.39, 0.29) is 15.2 Å². The Balaban J connectivity index is 3.39. The van der Waals surface area contributed by atoms with Gasteiger partial charge in [-0.3, -0.25) is 0 Å². The van der Waals surface area contributed by atoms with Crippen molar-refractivity contribution in [2.75, 3.05) is 0 Å². The van der Waals surface area contributed by atoms with Gasteiger partial charge in [0.2, 0.25) is 0 Å². The molecule has 4 N–H and O–H groups in total. The molecular formula is C11H17ClN3S+. The number of thiocarbonyl (C=S) groups is 1. The van der Waals surface area contributed by atoms with Crippen molar-refractivity contribution in [1.29, 1.82) is 0 Å². The van der Waals surface area contributed by atoms with Crippen LogP contribution < -0.4 is 16.2 Å². The van der Waals surface area contributed by atoms with Crippen molar-refractivity contribution in [3.05, 3.63) is 29.3 Å². The summed E-state index contributed by atoms with van der Waals surface area (Å²) in [6, 6.07) is 7.28. The van der Waals surface area contributed by atoms with Crippen molar-refractivity contribution < 1.29 is 0 Å². The molecule has 1 aromatic rings. The summed E-state index contributed by atoms with van der Waals surface area (Å²) in [5.41, 5.74) is 6.22. The maximum Gasteiger partial charge on any atom is 0.292 e. The van der Waals surface area contributed by atoms with E-state index >= 15 is 0 Å². The first-order valence-corrected chi connectivity index (χ1v) is 5.72. The van der Waals surface area contributed by atoms with Crippen LogP contribution in [0.3, 0.4) is 0 Å². The largest absolute Gasteiger partial charge is 0.343 e. The van der Waals surface area contributed by atoms with Crippen LogP contribution >= 0.6 is 23.8 Å². The lowest BCUT2D eigenvalue weighted by molar-refractivity contribution is 0.244. The highest BCUT2D eigenvalue weighted by Gasteiger charge is 2.43. The van der Waals surface area contributed by atoms with Crippen LogP contribution in [0.5, 0.6) is 0 Å². The lowest BCUT2D eigenvalue weighted by atomic mass is 10.0. The minimum Gasteiger partial charge on any atom is -0.343 e. The van der Waals surface area contributed by atoms with Gasteiger partial charge in [-0.15, -0.1) is 0 Å². The normalized spacial score (nSPS) is 15.6. The van der Waals surface area contributed by atoms with Crippen LogP contribution in [0.1, 0.15) is 20.8 Å². The van der Waals surface area contributed by atoms with E-state index < -0.39 is 0 Å². The lowest BCUT2D eigenvalue weighted by Crippen LogP contribution is -2.72. The van der Waals surface area contributed by atoms with Crippen molar-refractivity contribution in [2.45, 2.75) is 26.3 Å². The summed E-state index contributed by atoms with van der Waals surface area (Å²) < 4.78 is -0.108. The molecule has 1 atom stereocenters. The van der Waals surface area contributed by atoms with Gasteiger partial charge in [-0.1, -0.05) is 17.7 Å². The van der Waals surface area contributed by atoms with Crippen molar-refractivity contribution in [3.8, 4) is 0 Å². The fraction of sp³-hybridized carbons (Fsp3) is 0.364. The van der Waals surface area contributed by atoms with Gasteiger partial charge in [0, 0.05) is 29.4 Å². The van der Waals surface area contributed by atoms with E-state index in [2.05, 4.69) is 0 Å². The van der Waals surface area contributed by atoms with Gasteiger partial charge in [0.1, 0.15) is 5.54 Å². The SMILES string of the molecule is CC(C)(C)[N+](N)(C(N)=S)c1cccc(Cl)c1. The predicted molar refractivity (Wildman–Crippen MR) is 74.0 cm³/mol. The fourth-order valence-corrected chi connectivity index (χ4v) is 2.10. The van der Waals surface area contributed by atoms with E-state index in [0.717, 1.165) is 5.69 Å². The Bertz CT molecular complexity index is 414. The molecular weight excluding hydrogens is 242 g/mol. The second-order valence-corrected chi connectivity index (χ2v) is 5.57. The molecule has 0 fully saturated rings. The van der Waals surface area contributed by atoms with Gasteiger partial charge in [0.25, 0.3) is 5.11 Å². The number of quaternary nitrogens is 1. The molecule has 0 radical (unpaired) electrons. The van der Waals surface area contributed by atoms with Gasteiger partial charge in [0.15, 0.2) is 5.69 Å². The molecule has 0 aliphatic rings. The van der Waals surface area contributed by atoms with Crippen molar-refractivity contribution in [3.63, 3.8) is 0 Å². The molecule has 1 unspecified atom stereocenters. The topological polar surface area (TPSA) is 52.0 Å². The second-order valence-electron chi connectivity index (χ2n) is 4.71. The van der Waals surface area contributed by atoms with Crippen LogP contribution in [-0.4, -0.2) is 10.7 Å².